The Morgan fingerprint density at radius 1 is 0.576 bits per heavy atom. The van der Waals surface area contributed by atoms with Crippen molar-refractivity contribution in [1.29, 1.82) is 0 Å². The number of fused-ring (bicyclic) bond motifs is 4. The number of benzene rings is 7. The minimum atomic E-state index is -0.779. The van der Waals surface area contributed by atoms with Gasteiger partial charge in [-0.2, -0.15) is 30.3 Å². The molecular formula is C54H43N4Pt-. The average Bonchev–Trinajstić information content (AvgIpc) is 3.82. The fourth-order valence-electron chi connectivity index (χ4n) is 9.18. The Bertz CT molecular complexity index is 3060. The molecular weight excluding hydrogens is 900 g/mol. The quantitative estimate of drug-likeness (QED) is 0.110. The summed E-state index contributed by atoms with van der Waals surface area (Å²) in [6.45, 7) is 8.83. The van der Waals surface area contributed by atoms with Crippen LogP contribution < -0.4 is 0 Å². The van der Waals surface area contributed by atoms with Gasteiger partial charge in [0.05, 0.1) is 6.04 Å². The van der Waals surface area contributed by atoms with E-state index in [0.29, 0.717) is 6.04 Å². The number of imidazole rings is 1. The molecule has 0 aliphatic heterocycles. The third-order valence-corrected chi connectivity index (χ3v) is 11.8. The van der Waals surface area contributed by atoms with Crippen molar-refractivity contribution in [2.75, 3.05) is 0 Å². The number of hydrogen-bond donors (Lipinski definition) is 0. The van der Waals surface area contributed by atoms with Crippen LogP contribution in [0.15, 0.2) is 182 Å². The third kappa shape index (κ3) is 6.26. The van der Waals surface area contributed by atoms with Gasteiger partial charge in [-0.25, -0.2) is 14.1 Å². The van der Waals surface area contributed by atoms with Gasteiger partial charge in [0.2, 0.25) is 0 Å². The molecule has 5 heteroatoms. The largest absolute Gasteiger partial charge is 0.319 e. The Labute approximate surface area is 360 Å². The molecule has 0 radical (unpaired) electrons. The third-order valence-electron chi connectivity index (χ3n) is 11.8. The maximum atomic E-state index is 5.05. The molecule has 0 fully saturated rings. The zero-order valence-electron chi connectivity index (χ0n) is 33.5. The molecule has 0 atom stereocenters. The molecule has 0 amide bonds. The Morgan fingerprint density at radius 2 is 1.19 bits per heavy atom. The van der Waals surface area contributed by atoms with Gasteiger partial charge in [-0.3, -0.25) is 0 Å². The SMILES string of the molecule is Cc1cccc(C)c1-c1ccnc(-n2c3[c-]c(C(c4[c-]c(-n5[cH+]n(C(C)C)c6ccccc65)ccc4)(c4ccccc4)c4ccccc4)ccc3c3ccccc32)c1.[Pt]. The zero-order valence-corrected chi connectivity index (χ0v) is 35.8. The summed E-state index contributed by atoms with van der Waals surface area (Å²) in [5.41, 5.74) is 13.8. The molecule has 7 aromatic carbocycles. The summed E-state index contributed by atoms with van der Waals surface area (Å²) >= 11 is 0. The minimum absolute atomic E-state index is 0. The predicted octanol–water partition coefficient (Wildman–Crippen LogP) is 13.1. The topological polar surface area (TPSA) is 27.7 Å². The molecule has 0 spiro atoms. The Balaban J connectivity index is 0.00000449. The summed E-state index contributed by atoms with van der Waals surface area (Å²) in [6.07, 6.45) is 4.15. The number of aromatic nitrogens is 4. The number of rotatable bonds is 8. The first-order valence-electron chi connectivity index (χ1n) is 20.1. The summed E-state index contributed by atoms with van der Waals surface area (Å²) in [5, 5.41) is 2.29. The van der Waals surface area contributed by atoms with E-state index in [-0.39, 0.29) is 21.1 Å². The van der Waals surface area contributed by atoms with E-state index in [1.54, 1.807) is 0 Å². The van der Waals surface area contributed by atoms with Gasteiger partial charge >= 0.3 is 0 Å². The zero-order chi connectivity index (χ0) is 39.4. The molecule has 4 nitrogen and oxygen atoms in total. The fraction of sp³-hybridized carbons (Fsp3) is 0.111. The average molecular weight is 943 g/mol. The molecule has 59 heavy (non-hydrogen) atoms. The Hall–Kier alpha value is -6.35. The summed E-state index contributed by atoms with van der Waals surface area (Å²) in [4.78, 5) is 5.05. The van der Waals surface area contributed by atoms with Crippen LogP contribution in [0.3, 0.4) is 0 Å². The maximum Gasteiger partial charge on any atom is 0.188 e. The van der Waals surface area contributed by atoms with Crippen LogP contribution in [0, 0.1) is 26.0 Å². The minimum Gasteiger partial charge on any atom is -0.319 e. The van der Waals surface area contributed by atoms with Crippen molar-refractivity contribution in [3.8, 4) is 22.6 Å². The van der Waals surface area contributed by atoms with Gasteiger partial charge in [0.25, 0.3) is 0 Å². The van der Waals surface area contributed by atoms with Crippen molar-refractivity contribution in [2.24, 2.45) is 0 Å². The second-order valence-corrected chi connectivity index (χ2v) is 15.6. The van der Waals surface area contributed by atoms with Crippen LogP contribution >= 0.6 is 0 Å². The second-order valence-electron chi connectivity index (χ2n) is 15.6. The molecule has 0 unspecified atom stereocenters. The number of nitrogens with zero attached hydrogens (tertiary/aromatic N) is 4. The van der Waals surface area contributed by atoms with Gasteiger partial charge in [-0.05, 0) is 96.8 Å². The standard InChI is InChI=1S/C54H43N4.Pt/c1-37(2)56-36-57(50-28-14-13-27-49(50)56)45-24-16-23-43(34-45)54(41-19-7-5-8-20-41,42-21-9-6-10-22-42)44-29-30-47-46-25-11-12-26-48(46)58(51(47)35-44)52-33-40(31-32-55-52)53-38(3)17-15-18-39(53)4;/h5-33,36-37H,1-4H3;/q-1;. The first-order chi connectivity index (χ1) is 28.4. The number of pyridine rings is 1. The van der Waals surface area contributed by atoms with Gasteiger partial charge in [-0.1, -0.05) is 109 Å². The van der Waals surface area contributed by atoms with E-state index in [0.717, 1.165) is 66.6 Å². The second kappa shape index (κ2) is 15.4. The van der Waals surface area contributed by atoms with Crippen molar-refractivity contribution < 1.29 is 21.1 Å². The fourth-order valence-corrected chi connectivity index (χ4v) is 9.18. The Kier molecular flexibility index (Phi) is 9.99. The monoisotopic (exact) mass is 942 g/mol. The van der Waals surface area contributed by atoms with E-state index >= 15 is 0 Å². The molecule has 3 aromatic heterocycles. The van der Waals surface area contributed by atoms with E-state index in [9.17, 15) is 0 Å². The van der Waals surface area contributed by atoms with Crippen molar-refractivity contribution in [3.05, 3.63) is 228 Å². The first kappa shape index (κ1) is 38.2. The molecule has 0 aliphatic rings. The van der Waals surface area contributed by atoms with Gasteiger partial charge < -0.3 is 4.57 Å². The molecule has 0 aliphatic carbocycles. The number of aryl methyl sites for hydroxylation is 2. The smallest absolute Gasteiger partial charge is 0.188 e. The van der Waals surface area contributed by atoms with Crippen LogP contribution in [0.25, 0.3) is 55.5 Å². The van der Waals surface area contributed by atoms with Crippen LogP contribution in [0.2, 0.25) is 0 Å². The van der Waals surface area contributed by atoms with Crippen molar-refractivity contribution in [3.63, 3.8) is 0 Å². The van der Waals surface area contributed by atoms with E-state index in [1.807, 2.05) is 6.20 Å². The van der Waals surface area contributed by atoms with E-state index < -0.39 is 5.41 Å². The van der Waals surface area contributed by atoms with Crippen molar-refractivity contribution >= 4 is 32.8 Å². The molecule has 10 aromatic rings. The summed E-state index contributed by atoms with van der Waals surface area (Å²) in [5.74, 6) is 0.858. The van der Waals surface area contributed by atoms with E-state index in [1.165, 1.54) is 22.2 Å². The van der Waals surface area contributed by atoms with E-state index in [2.05, 4.69) is 230 Å². The van der Waals surface area contributed by atoms with Crippen LogP contribution in [0.1, 0.15) is 53.3 Å². The predicted molar refractivity (Wildman–Crippen MR) is 239 cm³/mol. The van der Waals surface area contributed by atoms with Crippen molar-refractivity contribution in [1.82, 2.24) is 18.7 Å². The van der Waals surface area contributed by atoms with Crippen molar-refractivity contribution in [2.45, 2.75) is 39.2 Å². The van der Waals surface area contributed by atoms with Crippen LogP contribution in [-0.4, -0.2) is 18.7 Å². The van der Waals surface area contributed by atoms with Crippen LogP contribution in [0.4, 0.5) is 0 Å². The normalized spacial score (nSPS) is 11.7. The molecule has 0 N–H and O–H groups in total. The molecule has 290 valence electrons. The van der Waals surface area contributed by atoms with Crippen LogP contribution in [0.5, 0.6) is 0 Å². The number of para-hydroxylation sites is 3. The van der Waals surface area contributed by atoms with E-state index in [4.69, 9.17) is 4.98 Å². The molecule has 0 bridgehead atoms. The van der Waals surface area contributed by atoms with Gasteiger partial charge in [0.15, 0.2) is 17.4 Å². The molecule has 10 rings (SSSR count). The van der Waals surface area contributed by atoms with Gasteiger partial charge in [-0.15, -0.1) is 22.6 Å². The molecule has 0 saturated carbocycles. The number of hydrogen-bond acceptors (Lipinski definition) is 1. The molecule has 3 heterocycles. The Morgan fingerprint density at radius 3 is 1.88 bits per heavy atom. The summed E-state index contributed by atoms with van der Waals surface area (Å²) < 4.78 is 6.91. The summed E-state index contributed by atoms with van der Waals surface area (Å²) in [6, 6.07) is 69.4. The van der Waals surface area contributed by atoms with Gasteiger partial charge in [0, 0.05) is 56.0 Å². The maximum absolute atomic E-state index is 5.05. The van der Waals surface area contributed by atoms with Crippen LogP contribution in [-0.2, 0) is 26.5 Å². The molecule has 0 saturated heterocycles. The first-order valence-corrected chi connectivity index (χ1v) is 20.1. The van der Waals surface area contributed by atoms with Gasteiger partial charge in [0.1, 0.15) is 5.82 Å². The summed E-state index contributed by atoms with van der Waals surface area (Å²) in [7, 11) is 0.